The Morgan fingerprint density at radius 3 is 2.41 bits per heavy atom. The van der Waals surface area contributed by atoms with E-state index in [2.05, 4.69) is 5.32 Å². The molecule has 3 aromatic rings. The maximum Gasteiger partial charge on any atom is 0.264 e. The normalized spacial score (nSPS) is 11.2. The fourth-order valence-electron chi connectivity index (χ4n) is 2.91. The van der Waals surface area contributed by atoms with Gasteiger partial charge >= 0.3 is 0 Å². The molecular formula is C23H22ClFN2O3S2. The highest BCUT2D eigenvalue weighted by molar-refractivity contribution is 7.98. The minimum atomic E-state index is -4.05. The SMILES string of the molecule is O=C(CN(c1ccccc1)S(=O)(=O)c1ccc(F)cc1)NCCSCc1cccc(Cl)c1. The second kappa shape index (κ2) is 11.4. The van der Waals surface area contributed by atoms with Crippen LogP contribution in [0.25, 0.3) is 0 Å². The number of sulfonamides is 1. The van der Waals surface area contributed by atoms with Crippen molar-refractivity contribution < 1.29 is 17.6 Å². The number of nitrogens with one attached hydrogen (secondary N) is 1. The van der Waals surface area contributed by atoms with Crippen LogP contribution >= 0.6 is 23.4 Å². The summed E-state index contributed by atoms with van der Waals surface area (Å²) < 4.78 is 40.6. The molecule has 168 valence electrons. The highest BCUT2D eigenvalue weighted by Gasteiger charge is 2.27. The number of thioether (sulfide) groups is 1. The molecule has 1 amide bonds. The van der Waals surface area contributed by atoms with Crippen molar-refractivity contribution in [2.45, 2.75) is 10.6 Å². The Bertz CT molecular complexity index is 1140. The number of nitrogens with zero attached hydrogens (tertiary/aromatic N) is 1. The summed E-state index contributed by atoms with van der Waals surface area (Å²) in [5.41, 5.74) is 1.44. The Morgan fingerprint density at radius 1 is 1.00 bits per heavy atom. The van der Waals surface area contributed by atoms with Gasteiger partial charge in [-0.3, -0.25) is 9.10 Å². The molecule has 0 aliphatic carbocycles. The molecule has 5 nitrogen and oxygen atoms in total. The van der Waals surface area contributed by atoms with Crippen LogP contribution in [-0.2, 0) is 20.6 Å². The summed E-state index contributed by atoms with van der Waals surface area (Å²) >= 11 is 7.61. The molecule has 0 atom stereocenters. The first kappa shape index (κ1) is 24.1. The summed E-state index contributed by atoms with van der Waals surface area (Å²) in [4.78, 5) is 12.4. The molecule has 0 aliphatic heterocycles. The number of anilines is 1. The van der Waals surface area contributed by atoms with Crippen LogP contribution in [0.3, 0.4) is 0 Å². The van der Waals surface area contributed by atoms with Gasteiger partial charge in [-0.1, -0.05) is 41.9 Å². The minimum absolute atomic E-state index is 0.0902. The van der Waals surface area contributed by atoms with Gasteiger partial charge in [-0.25, -0.2) is 12.8 Å². The molecule has 0 fully saturated rings. The van der Waals surface area contributed by atoms with Gasteiger partial charge in [0.2, 0.25) is 5.91 Å². The lowest BCUT2D eigenvalue weighted by atomic mass is 10.2. The predicted octanol–water partition coefficient (Wildman–Crippen LogP) is 4.72. The van der Waals surface area contributed by atoms with E-state index in [0.717, 1.165) is 27.8 Å². The van der Waals surface area contributed by atoms with Gasteiger partial charge in [0.05, 0.1) is 10.6 Å². The fraction of sp³-hybridized carbons (Fsp3) is 0.174. The van der Waals surface area contributed by atoms with Gasteiger partial charge < -0.3 is 5.32 Å². The van der Waals surface area contributed by atoms with Crippen molar-refractivity contribution in [3.8, 4) is 0 Å². The highest BCUT2D eigenvalue weighted by atomic mass is 35.5. The Balaban J connectivity index is 1.61. The number of para-hydroxylation sites is 1. The number of carbonyl (C=O) groups excluding carboxylic acids is 1. The van der Waals surface area contributed by atoms with Crippen LogP contribution in [0.15, 0.2) is 83.8 Å². The lowest BCUT2D eigenvalue weighted by Gasteiger charge is -2.24. The summed E-state index contributed by atoms with van der Waals surface area (Å²) in [6.45, 7) is 0.00593. The zero-order valence-corrected chi connectivity index (χ0v) is 19.5. The Morgan fingerprint density at radius 2 is 1.72 bits per heavy atom. The Labute approximate surface area is 196 Å². The van der Waals surface area contributed by atoms with Crippen molar-refractivity contribution in [1.29, 1.82) is 0 Å². The molecule has 32 heavy (non-hydrogen) atoms. The van der Waals surface area contributed by atoms with Gasteiger partial charge in [0.15, 0.2) is 0 Å². The first-order valence-corrected chi connectivity index (χ1v) is 12.8. The summed E-state index contributed by atoms with van der Waals surface area (Å²) in [5.74, 6) is 0.450. The molecular weight excluding hydrogens is 471 g/mol. The molecule has 3 aromatic carbocycles. The van der Waals surface area contributed by atoms with Crippen LogP contribution in [0.1, 0.15) is 5.56 Å². The van der Waals surface area contributed by atoms with Crippen molar-refractivity contribution >= 4 is 45.0 Å². The van der Waals surface area contributed by atoms with Crippen LogP contribution in [0.4, 0.5) is 10.1 Å². The van der Waals surface area contributed by atoms with E-state index in [-0.39, 0.29) is 11.4 Å². The van der Waals surface area contributed by atoms with E-state index in [9.17, 15) is 17.6 Å². The molecule has 0 saturated heterocycles. The van der Waals surface area contributed by atoms with Crippen molar-refractivity contribution in [3.05, 3.63) is 95.3 Å². The quantitative estimate of drug-likeness (QED) is 0.416. The molecule has 1 N–H and O–H groups in total. The number of hydrogen-bond donors (Lipinski definition) is 1. The van der Waals surface area contributed by atoms with Gasteiger partial charge in [0.1, 0.15) is 12.4 Å². The molecule has 0 unspecified atom stereocenters. The van der Waals surface area contributed by atoms with E-state index in [1.165, 1.54) is 12.1 Å². The standard InChI is InChI=1S/C23H22ClFN2O3S2/c24-19-6-4-5-18(15-19)17-31-14-13-26-23(28)16-27(21-7-2-1-3-8-21)32(29,30)22-11-9-20(25)10-12-22/h1-12,15H,13-14,16-17H2,(H,26,28). The van der Waals surface area contributed by atoms with Gasteiger partial charge in [-0.05, 0) is 54.1 Å². The van der Waals surface area contributed by atoms with Gasteiger partial charge in [-0.2, -0.15) is 11.8 Å². The first-order valence-electron chi connectivity index (χ1n) is 9.78. The molecule has 0 spiro atoms. The number of rotatable bonds is 10. The smallest absolute Gasteiger partial charge is 0.264 e. The minimum Gasteiger partial charge on any atom is -0.354 e. The second-order valence-electron chi connectivity index (χ2n) is 6.83. The summed E-state index contributed by atoms with van der Waals surface area (Å²) in [6.07, 6.45) is 0. The highest BCUT2D eigenvalue weighted by Crippen LogP contribution is 2.23. The van der Waals surface area contributed by atoms with E-state index < -0.39 is 21.7 Å². The third-order valence-corrected chi connectivity index (χ3v) is 7.51. The van der Waals surface area contributed by atoms with Crippen LogP contribution in [-0.4, -0.2) is 33.2 Å². The molecule has 9 heteroatoms. The van der Waals surface area contributed by atoms with Crippen LogP contribution < -0.4 is 9.62 Å². The largest absolute Gasteiger partial charge is 0.354 e. The lowest BCUT2D eigenvalue weighted by molar-refractivity contribution is -0.119. The van der Waals surface area contributed by atoms with E-state index in [1.54, 1.807) is 42.1 Å². The van der Waals surface area contributed by atoms with Crippen molar-refractivity contribution in [2.75, 3.05) is 23.1 Å². The molecule has 3 rings (SSSR count). The summed E-state index contributed by atoms with van der Waals surface area (Å²) in [7, 11) is -4.05. The van der Waals surface area contributed by atoms with Gasteiger partial charge in [0, 0.05) is 23.1 Å². The van der Waals surface area contributed by atoms with Gasteiger partial charge in [0.25, 0.3) is 10.0 Å². The molecule has 0 aromatic heterocycles. The van der Waals surface area contributed by atoms with E-state index in [0.29, 0.717) is 23.0 Å². The maximum absolute atomic E-state index is 13.3. The number of amides is 1. The van der Waals surface area contributed by atoms with Crippen molar-refractivity contribution in [2.24, 2.45) is 0 Å². The predicted molar refractivity (Wildman–Crippen MR) is 128 cm³/mol. The molecule has 0 saturated carbocycles. The average molecular weight is 493 g/mol. The summed E-state index contributed by atoms with van der Waals surface area (Å²) in [6, 6.07) is 20.4. The molecule has 0 radical (unpaired) electrons. The lowest BCUT2D eigenvalue weighted by Crippen LogP contribution is -2.41. The number of carbonyl (C=O) groups is 1. The monoisotopic (exact) mass is 492 g/mol. The molecule has 0 heterocycles. The third kappa shape index (κ3) is 6.72. The van der Waals surface area contributed by atoms with Gasteiger partial charge in [-0.15, -0.1) is 0 Å². The van der Waals surface area contributed by atoms with Crippen molar-refractivity contribution in [3.63, 3.8) is 0 Å². The Hall–Kier alpha value is -2.55. The fourth-order valence-corrected chi connectivity index (χ4v) is 5.35. The maximum atomic E-state index is 13.3. The number of halogens is 2. The number of hydrogen-bond acceptors (Lipinski definition) is 4. The van der Waals surface area contributed by atoms with Crippen molar-refractivity contribution in [1.82, 2.24) is 5.32 Å². The first-order chi connectivity index (χ1) is 15.4. The molecule has 0 aliphatic rings. The average Bonchev–Trinajstić information content (AvgIpc) is 2.78. The van der Waals surface area contributed by atoms with E-state index in [4.69, 9.17) is 11.6 Å². The molecule has 0 bridgehead atoms. The topological polar surface area (TPSA) is 66.5 Å². The van der Waals surface area contributed by atoms with E-state index in [1.807, 2.05) is 24.3 Å². The second-order valence-corrected chi connectivity index (χ2v) is 10.2. The third-order valence-electron chi connectivity index (χ3n) is 4.46. The van der Waals surface area contributed by atoms with Crippen LogP contribution in [0.2, 0.25) is 5.02 Å². The zero-order chi connectivity index (χ0) is 23.0. The number of benzene rings is 3. The van der Waals surface area contributed by atoms with Crippen LogP contribution in [0.5, 0.6) is 0 Å². The Kier molecular flexibility index (Phi) is 8.55. The summed E-state index contributed by atoms with van der Waals surface area (Å²) in [5, 5.41) is 3.44. The van der Waals surface area contributed by atoms with E-state index >= 15 is 0 Å². The zero-order valence-electron chi connectivity index (χ0n) is 17.1. The van der Waals surface area contributed by atoms with Crippen LogP contribution in [0, 0.1) is 5.82 Å².